The average Bonchev–Trinajstić information content (AvgIpc) is 2.51. The summed E-state index contributed by atoms with van der Waals surface area (Å²) in [5.74, 6) is -0.960. The lowest BCUT2D eigenvalue weighted by Gasteiger charge is -2.19. The van der Waals surface area contributed by atoms with E-state index in [4.69, 9.17) is 0 Å². The Balaban J connectivity index is 2.27. The number of aromatic nitrogens is 1. The molecule has 0 aliphatic carbocycles. The number of hydrogen-bond donors (Lipinski definition) is 2. The van der Waals surface area contributed by atoms with Crippen molar-refractivity contribution in [3.8, 4) is 0 Å². The molecule has 1 aromatic heterocycles. The Labute approximate surface area is 124 Å². The van der Waals surface area contributed by atoms with Gasteiger partial charge in [-0.25, -0.2) is 4.79 Å². The molecule has 1 aromatic carbocycles. The van der Waals surface area contributed by atoms with Gasteiger partial charge in [0.25, 0.3) is 0 Å². The first-order valence-electron chi connectivity index (χ1n) is 7.24. The second-order valence-corrected chi connectivity index (χ2v) is 4.82. The maximum atomic E-state index is 11.4. The lowest BCUT2D eigenvalue weighted by Crippen LogP contribution is -2.29. The standard InChI is InChI=1S/C16H21N3O2/c1-3-19(4-2)10-9-17-15-12-7-5-6-8-14(12)18-11-13(15)16(20)21/h5-8,11H,3-4,9-10H2,1-2H3,(H,17,18)(H,20,21). The number of carboxylic acids is 1. The molecule has 5 heteroatoms. The average molecular weight is 287 g/mol. The van der Waals surface area contributed by atoms with Crippen LogP contribution in [0.4, 0.5) is 5.69 Å². The number of nitrogens with zero attached hydrogens (tertiary/aromatic N) is 2. The number of carboxylic acid groups (broad SMARTS) is 1. The van der Waals surface area contributed by atoms with E-state index in [1.54, 1.807) is 0 Å². The molecule has 0 unspecified atom stereocenters. The second kappa shape index (κ2) is 7.04. The summed E-state index contributed by atoms with van der Waals surface area (Å²) in [6.07, 6.45) is 1.42. The molecule has 0 radical (unpaired) electrons. The third kappa shape index (κ3) is 3.49. The van der Waals surface area contributed by atoms with Crippen molar-refractivity contribution >= 4 is 22.6 Å². The topological polar surface area (TPSA) is 65.5 Å². The predicted molar refractivity (Wildman–Crippen MR) is 85.0 cm³/mol. The number of carbonyl (C=O) groups is 1. The molecular weight excluding hydrogens is 266 g/mol. The van der Waals surface area contributed by atoms with Crippen molar-refractivity contribution < 1.29 is 9.90 Å². The van der Waals surface area contributed by atoms with Crippen LogP contribution in [0.25, 0.3) is 10.9 Å². The molecule has 5 nitrogen and oxygen atoms in total. The Kier molecular flexibility index (Phi) is 5.11. The number of hydrogen-bond acceptors (Lipinski definition) is 4. The van der Waals surface area contributed by atoms with Gasteiger partial charge in [-0.15, -0.1) is 0 Å². The molecule has 2 N–H and O–H groups in total. The fourth-order valence-electron chi connectivity index (χ4n) is 2.37. The van der Waals surface area contributed by atoms with E-state index in [9.17, 15) is 9.90 Å². The van der Waals surface area contributed by atoms with Gasteiger partial charge in [0.05, 0.1) is 11.2 Å². The van der Waals surface area contributed by atoms with Crippen LogP contribution in [0.1, 0.15) is 24.2 Å². The zero-order valence-electron chi connectivity index (χ0n) is 12.5. The summed E-state index contributed by atoms with van der Waals surface area (Å²) < 4.78 is 0. The first-order valence-corrected chi connectivity index (χ1v) is 7.24. The van der Waals surface area contributed by atoms with Crippen molar-refractivity contribution in [3.63, 3.8) is 0 Å². The van der Waals surface area contributed by atoms with Crippen molar-refractivity contribution in [2.24, 2.45) is 0 Å². The molecule has 21 heavy (non-hydrogen) atoms. The van der Waals surface area contributed by atoms with Crippen molar-refractivity contribution in [3.05, 3.63) is 36.0 Å². The van der Waals surface area contributed by atoms with E-state index in [2.05, 4.69) is 29.0 Å². The third-order valence-corrected chi connectivity index (χ3v) is 3.63. The molecule has 112 valence electrons. The molecule has 0 aliphatic rings. The number of rotatable bonds is 7. The number of anilines is 1. The summed E-state index contributed by atoms with van der Waals surface area (Å²) in [6, 6.07) is 7.58. The Morgan fingerprint density at radius 3 is 2.67 bits per heavy atom. The van der Waals surface area contributed by atoms with Crippen LogP contribution in [0.5, 0.6) is 0 Å². The van der Waals surface area contributed by atoms with Gasteiger partial charge in [0.1, 0.15) is 5.56 Å². The van der Waals surface area contributed by atoms with Crippen LogP contribution in [-0.4, -0.2) is 47.1 Å². The van der Waals surface area contributed by atoms with Crippen molar-refractivity contribution in [2.75, 3.05) is 31.5 Å². The first-order chi connectivity index (χ1) is 10.2. The van der Waals surface area contributed by atoms with E-state index in [0.717, 1.165) is 30.5 Å². The highest BCUT2D eigenvalue weighted by molar-refractivity contribution is 6.04. The molecule has 0 atom stereocenters. The number of fused-ring (bicyclic) bond motifs is 1. The highest BCUT2D eigenvalue weighted by Gasteiger charge is 2.14. The second-order valence-electron chi connectivity index (χ2n) is 4.82. The van der Waals surface area contributed by atoms with E-state index in [1.807, 2.05) is 24.3 Å². The van der Waals surface area contributed by atoms with Crippen LogP contribution in [-0.2, 0) is 0 Å². The molecule has 0 aliphatic heterocycles. The smallest absolute Gasteiger partial charge is 0.339 e. The molecule has 0 bridgehead atoms. The SMILES string of the molecule is CCN(CC)CCNc1c(C(=O)O)cnc2ccccc12. The van der Waals surface area contributed by atoms with Gasteiger partial charge in [0, 0.05) is 24.7 Å². The number of benzene rings is 1. The van der Waals surface area contributed by atoms with Gasteiger partial charge < -0.3 is 15.3 Å². The Bertz CT molecular complexity index is 624. The molecule has 1 heterocycles. The predicted octanol–water partition coefficient (Wildman–Crippen LogP) is 2.69. The van der Waals surface area contributed by atoms with Crippen molar-refractivity contribution in [1.29, 1.82) is 0 Å². The van der Waals surface area contributed by atoms with Gasteiger partial charge >= 0.3 is 5.97 Å². The van der Waals surface area contributed by atoms with Crippen LogP contribution >= 0.6 is 0 Å². The number of nitrogens with one attached hydrogen (secondary N) is 1. The minimum absolute atomic E-state index is 0.216. The first kappa shape index (κ1) is 15.3. The van der Waals surface area contributed by atoms with Crippen LogP contribution < -0.4 is 5.32 Å². The number of aromatic carboxylic acids is 1. The zero-order valence-corrected chi connectivity index (χ0v) is 12.5. The molecule has 0 spiro atoms. The van der Waals surface area contributed by atoms with E-state index < -0.39 is 5.97 Å². The molecule has 2 aromatic rings. The van der Waals surface area contributed by atoms with E-state index in [-0.39, 0.29) is 5.56 Å². The molecule has 2 rings (SSSR count). The van der Waals surface area contributed by atoms with Gasteiger partial charge in [-0.1, -0.05) is 32.0 Å². The summed E-state index contributed by atoms with van der Waals surface area (Å²) >= 11 is 0. The molecular formula is C16H21N3O2. The summed E-state index contributed by atoms with van der Waals surface area (Å²) in [4.78, 5) is 17.9. The maximum Gasteiger partial charge on any atom is 0.339 e. The van der Waals surface area contributed by atoms with Gasteiger partial charge in [-0.3, -0.25) is 4.98 Å². The minimum atomic E-state index is -0.960. The Morgan fingerprint density at radius 2 is 2.00 bits per heavy atom. The van der Waals surface area contributed by atoms with E-state index in [0.29, 0.717) is 12.2 Å². The fourth-order valence-corrected chi connectivity index (χ4v) is 2.37. The summed E-state index contributed by atoms with van der Waals surface area (Å²) in [5, 5.41) is 13.5. The number of likely N-dealkylation sites (N-methyl/N-ethyl adjacent to an activating group) is 1. The summed E-state index contributed by atoms with van der Waals surface area (Å²) in [7, 11) is 0. The van der Waals surface area contributed by atoms with Crippen LogP contribution in [0, 0.1) is 0 Å². The van der Waals surface area contributed by atoms with Gasteiger partial charge in [0.2, 0.25) is 0 Å². The number of para-hydroxylation sites is 1. The Morgan fingerprint density at radius 1 is 1.29 bits per heavy atom. The fraction of sp³-hybridized carbons (Fsp3) is 0.375. The maximum absolute atomic E-state index is 11.4. The third-order valence-electron chi connectivity index (χ3n) is 3.63. The summed E-state index contributed by atoms with van der Waals surface area (Å²) in [5.41, 5.74) is 1.67. The largest absolute Gasteiger partial charge is 0.478 e. The lowest BCUT2D eigenvalue weighted by molar-refractivity contribution is 0.0697. The number of pyridine rings is 1. The van der Waals surface area contributed by atoms with E-state index >= 15 is 0 Å². The van der Waals surface area contributed by atoms with Crippen LogP contribution in [0.15, 0.2) is 30.5 Å². The van der Waals surface area contributed by atoms with Gasteiger partial charge in [-0.05, 0) is 19.2 Å². The molecule has 0 fully saturated rings. The lowest BCUT2D eigenvalue weighted by atomic mass is 10.1. The Hall–Kier alpha value is -2.14. The minimum Gasteiger partial charge on any atom is -0.478 e. The quantitative estimate of drug-likeness (QED) is 0.819. The van der Waals surface area contributed by atoms with Crippen molar-refractivity contribution in [2.45, 2.75) is 13.8 Å². The highest BCUT2D eigenvalue weighted by atomic mass is 16.4. The zero-order chi connectivity index (χ0) is 15.2. The van der Waals surface area contributed by atoms with Crippen LogP contribution in [0.2, 0.25) is 0 Å². The van der Waals surface area contributed by atoms with E-state index in [1.165, 1.54) is 6.20 Å². The molecule has 0 saturated heterocycles. The van der Waals surface area contributed by atoms with Crippen molar-refractivity contribution in [1.82, 2.24) is 9.88 Å². The monoisotopic (exact) mass is 287 g/mol. The molecule has 0 saturated carbocycles. The van der Waals surface area contributed by atoms with Gasteiger partial charge in [0.15, 0.2) is 0 Å². The summed E-state index contributed by atoms with van der Waals surface area (Å²) in [6.45, 7) is 7.79. The van der Waals surface area contributed by atoms with Crippen LogP contribution in [0.3, 0.4) is 0 Å². The van der Waals surface area contributed by atoms with Gasteiger partial charge in [-0.2, -0.15) is 0 Å². The normalized spacial score (nSPS) is 11.0. The molecule has 0 amide bonds. The highest BCUT2D eigenvalue weighted by Crippen LogP contribution is 2.25.